The molecule has 2 aromatic rings. The first-order valence-corrected chi connectivity index (χ1v) is 10.0. The van der Waals surface area contributed by atoms with E-state index in [9.17, 15) is 19.2 Å². The number of nitrogens with zero attached hydrogens (tertiary/aromatic N) is 2. The fraction of sp³-hybridized carbons (Fsp3) is 0.150. The van der Waals surface area contributed by atoms with Gasteiger partial charge in [0.2, 0.25) is 5.91 Å². The predicted molar refractivity (Wildman–Crippen MR) is 113 cm³/mol. The molecule has 154 valence electrons. The third kappa shape index (κ3) is 5.05. The molecule has 1 saturated heterocycles. The van der Waals surface area contributed by atoms with E-state index < -0.39 is 29.6 Å². The van der Waals surface area contributed by atoms with Crippen LogP contribution in [0, 0.1) is 0 Å². The highest BCUT2D eigenvalue weighted by Crippen LogP contribution is 2.32. The van der Waals surface area contributed by atoms with Crippen molar-refractivity contribution < 1.29 is 23.9 Å². The Balaban J connectivity index is 1.68. The number of thioether (sulfide) groups is 1. The summed E-state index contributed by atoms with van der Waals surface area (Å²) in [6.45, 7) is 1.38. The maximum absolute atomic E-state index is 12.5. The number of rotatable bonds is 6. The summed E-state index contributed by atoms with van der Waals surface area (Å²) in [4.78, 5) is 54.0. The summed E-state index contributed by atoms with van der Waals surface area (Å²) in [7, 11) is 0. The zero-order valence-electron chi connectivity index (χ0n) is 15.8. The Labute approximate surface area is 181 Å². The van der Waals surface area contributed by atoms with Gasteiger partial charge in [-0.3, -0.25) is 24.3 Å². The van der Waals surface area contributed by atoms with Gasteiger partial charge in [-0.1, -0.05) is 17.7 Å². The normalized spacial score (nSPS) is 14.9. The molecule has 1 aliphatic rings. The number of hydrogen-bond donors (Lipinski definition) is 1. The van der Waals surface area contributed by atoms with Gasteiger partial charge in [0.1, 0.15) is 6.54 Å². The van der Waals surface area contributed by atoms with Gasteiger partial charge < -0.3 is 10.1 Å². The highest BCUT2D eigenvalue weighted by Gasteiger charge is 2.36. The van der Waals surface area contributed by atoms with Gasteiger partial charge in [-0.15, -0.1) is 0 Å². The Hall–Kier alpha value is -3.17. The SMILES string of the molecule is CCOC(=O)c1cc(NC(=O)CN2C(=O)S/C(=C/c3cccnc3)C2=O)ccc1Cl. The average molecular weight is 446 g/mol. The Bertz CT molecular complexity index is 1040. The van der Waals surface area contributed by atoms with Crippen LogP contribution in [0.2, 0.25) is 5.02 Å². The fourth-order valence-corrected chi connectivity index (χ4v) is 3.59. The number of carbonyl (C=O) groups is 4. The molecule has 1 aromatic carbocycles. The van der Waals surface area contributed by atoms with Gasteiger partial charge in [0, 0.05) is 18.1 Å². The van der Waals surface area contributed by atoms with Gasteiger partial charge in [0.25, 0.3) is 11.1 Å². The van der Waals surface area contributed by atoms with E-state index in [4.69, 9.17) is 16.3 Å². The number of nitrogens with one attached hydrogen (secondary N) is 1. The summed E-state index contributed by atoms with van der Waals surface area (Å²) >= 11 is 6.75. The van der Waals surface area contributed by atoms with Crippen LogP contribution in [0.3, 0.4) is 0 Å². The third-order valence-corrected chi connectivity index (χ3v) is 5.14. The molecular weight excluding hydrogens is 430 g/mol. The van der Waals surface area contributed by atoms with Crippen LogP contribution in [0.25, 0.3) is 6.08 Å². The number of halogens is 1. The molecule has 3 rings (SSSR count). The number of ether oxygens (including phenoxy) is 1. The number of imide groups is 1. The van der Waals surface area contributed by atoms with Gasteiger partial charge in [-0.05, 0) is 54.6 Å². The van der Waals surface area contributed by atoms with Crippen molar-refractivity contribution in [3.05, 3.63) is 63.8 Å². The summed E-state index contributed by atoms with van der Waals surface area (Å²) in [6.07, 6.45) is 4.69. The lowest BCUT2D eigenvalue weighted by molar-refractivity contribution is -0.127. The molecule has 0 aliphatic carbocycles. The lowest BCUT2D eigenvalue weighted by atomic mass is 10.2. The first-order chi connectivity index (χ1) is 14.4. The van der Waals surface area contributed by atoms with E-state index in [-0.39, 0.29) is 27.8 Å². The third-order valence-electron chi connectivity index (χ3n) is 3.90. The van der Waals surface area contributed by atoms with Crippen molar-refractivity contribution in [3.63, 3.8) is 0 Å². The minimum absolute atomic E-state index is 0.0990. The molecule has 1 fully saturated rings. The van der Waals surface area contributed by atoms with E-state index in [0.717, 1.165) is 16.7 Å². The topological polar surface area (TPSA) is 106 Å². The second-order valence-corrected chi connectivity index (χ2v) is 7.42. The van der Waals surface area contributed by atoms with Crippen LogP contribution in [0.1, 0.15) is 22.8 Å². The molecule has 0 radical (unpaired) electrons. The molecule has 10 heteroatoms. The molecule has 2 heterocycles. The second kappa shape index (κ2) is 9.55. The maximum Gasteiger partial charge on any atom is 0.339 e. The quantitative estimate of drug-likeness (QED) is 0.535. The zero-order valence-corrected chi connectivity index (χ0v) is 17.3. The minimum atomic E-state index is -0.620. The largest absolute Gasteiger partial charge is 0.462 e. The standard InChI is InChI=1S/C20H16ClN3O5S/c1-2-29-19(27)14-9-13(5-6-15(14)21)23-17(25)11-24-18(26)16(30-20(24)28)8-12-4-3-7-22-10-12/h3-10H,2,11H2,1H3,(H,23,25)/b16-8+. The van der Waals surface area contributed by atoms with Gasteiger partial charge >= 0.3 is 5.97 Å². The summed E-state index contributed by atoms with van der Waals surface area (Å²) in [6, 6.07) is 7.77. The van der Waals surface area contributed by atoms with Gasteiger partial charge in [0.05, 0.1) is 22.1 Å². The van der Waals surface area contributed by atoms with E-state index in [1.165, 1.54) is 18.2 Å². The second-order valence-electron chi connectivity index (χ2n) is 6.02. The Morgan fingerprint density at radius 2 is 2.10 bits per heavy atom. The summed E-state index contributed by atoms with van der Waals surface area (Å²) in [5, 5.41) is 2.18. The van der Waals surface area contributed by atoms with Crippen LogP contribution in [0.15, 0.2) is 47.6 Å². The summed E-state index contributed by atoms with van der Waals surface area (Å²) in [5.41, 5.74) is 1.05. The van der Waals surface area contributed by atoms with Crippen LogP contribution in [-0.4, -0.2) is 46.1 Å². The number of esters is 1. The highest BCUT2D eigenvalue weighted by atomic mass is 35.5. The van der Waals surface area contributed by atoms with E-state index >= 15 is 0 Å². The molecule has 1 aromatic heterocycles. The van der Waals surface area contributed by atoms with Crippen LogP contribution < -0.4 is 5.32 Å². The van der Waals surface area contributed by atoms with Crippen LogP contribution >= 0.6 is 23.4 Å². The van der Waals surface area contributed by atoms with E-state index in [2.05, 4.69) is 10.3 Å². The molecule has 0 atom stereocenters. The average Bonchev–Trinajstić information content (AvgIpc) is 2.97. The van der Waals surface area contributed by atoms with Crippen molar-refractivity contribution in [2.75, 3.05) is 18.5 Å². The monoisotopic (exact) mass is 445 g/mol. The molecule has 30 heavy (non-hydrogen) atoms. The lowest BCUT2D eigenvalue weighted by Crippen LogP contribution is -2.36. The minimum Gasteiger partial charge on any atom is -0.462 e. The Kier molecular flexibility index (Phi) is 6.86. The van der Waals surface area contributed by atoms with Gasteiger partial charge in [-0.2, -0.15) is 0 Å². The molecule has 3 amide bonds. The molecule has 0 unspecified atom stereocenters. The summed E-state index contributed by atoms with van der Waals surface area (Å²) in [5.74, 6) is -1.78. The van der Waals surface area contributed by atoms with Crippen molar-refractivity contribution >= 4 is 58.1 Å². The Morgan fingerprint density at radius 3 is 2.80 bits per heavy atom. The number of carbonyl (C=O) groups excluding carboxylic acids is 4. The van der Waals surface area contributed by atoms with Gasteiger partial charge in [0.15, 0.2) is 0 Å². The van der Waals surface area contributed by atoms with Crippen LogP contribution in [0.4, 0.5) is 10.5 Å². The first kappa shape index (κ1) is 21.5. The van der Waals surface area contributed by atoms with Crippen LogP contribution in [0.5, 0.6) is 0 Å². The lowest BCUT2D eigenvalue weighted by Gasteiger charge is -2.13. The molecule has 1 aliphatic heterocycles. The molecule has 1 N–H and O–H groups in total. The summed E-state index contributed by atoms with van der Waals surface area (Å²) < 4.78 is 4.92. The number of benzene rings is 1. The number of amides is 3. The molecule has 8 nitrogen and oxygen atoms in total. The highest BCUT2D eigenvalue weighted by molar-refractivity contribution is 8.18. The number of hydrogen-bond acceptors (Lipinski definition) is 7. The molecule has 0 saturated carbocycles. The molecular formula is C20H16ClN3O5S. The smallest absolute Gasteiger partial charge is 0.339 e. The van der Waals surface area contributed by atoms with Crippen molar-refractivity contribution in [1.29, 1.82) is 0 Å². The first-order valence-electron chi connectivity index (χ1n) is 8.81. The Morgan fingerprint density at radius 1 is 1.30 bits per heavy atom. The van der Waals surface area contributed by atoms with E-state index in [1.54, 1.807) is 37.5 Å². The van der Waals surface area contributed by atoms with E-state index in [1.807, 2.05) is 0 Å². The van der Waals surface area contributed by atoms with E-state index in [0.29, 0.717) is 5.56 Å². The van der Waals surface area contributed by atoms with Gasteiger partial charge in [-0.25, -0.2) is 4.79 Å². The van der Waals surface area contributed by atoms with Crippen LogP contribution in [-0.2, 0) is 14.3 Å². The van der Waals surface area contributed by atoms with Crippen molar-refractivity contribution in [2.24, 2.45) is 0 Å². The molecule has 0 spiro atoms. The number of aromatic nitrogens is 1. The number of pyridine rings is 1. The zero-order chi connectivity index (χ0) is 21.7. The van der Waals surface area contributed by atoms with Crippen molar-refractivity contribution in [2.45, 2.75) is 6.92 Å². The predicted octanol–water partition coefficient (Wildman–Crippen LogP) is 3.59. The maximum atomic E-state index is 12.5. The molecule has 0 bridgehead atoms. The number of anilines is 1. The van der Waals surface area contributed by atoms with Crippen molar-refractivity contribution in [1.82, 2.24) is 9.88 Å². The van der Waals surface area contributed by atoms with Crippen molar-refractivity contribution in [3.8, 4) is 0 Å². The fourth-order valence-electron chi connectivity index (χ4n) is 2.56.